The van der Waals surface area contributed by atoms with Gasteiger partial charge in [-0.1, -0.05) is 42.5 Å². The van der Waals surface area contributed by atoms with Gasteiger partial charge in [-0.25, -0.2) is 0 Å². The maximum Gasteiger partial charge on any atom is 0.101 e. The Bertz CT molecular complexity index is 694. The molecule has 2 aromatic carbocycles. The van der Waals surface area contributed by atoms with Gasteiger partial charge in [0.25, 0.3) is 0 Å². The molecular weight excluding hydrogens is 234 g/mol. The monoisotopic (exact) mass is 251 g/mol. The van der Waals surface area contributed by atoms with Crippen LogP contribution in [0.1, 0.15) is 22.9 Å². The Morgan fingerprint density at radius 1 is 1.11 bits per heavy atom. The summed E-state index contributed by atoms with van der Waals surface area (Å²) in [5, 5.41) is 2.54. The Kier molecular flexibility index (Phi) is 3.10. The normalized spacial score (nSPS) is 12.7. The fourth-order valence-electron chi connectivity index (χ4n) is 2.48. The Labute approximate surface area is 112 Å². The zero-order valence-corrected chi connectivity index (χ0v) is 11.0. The van der Waals surface area contributed by atoms with Crippen LogP contribution in [0.25, 0.3) is 10.8 Å². The Morgan fingerprint density at radius 2 is 1.89 bits per heavy atom. The van der Waals surface area contributed by atoms with Crippen molar-refractivity contribution in [2.45, 2.75) is 19.4 Å². The molecule has 3 aromatic rings. The van der Waals surface area contributed by atoms with Gasteiger partial charge >= 0.3 is 0 Å². The molecular formula is C17H17NO. The van der Waals surface area contributed by atoms with Crippen molar-refractivity contribution in [3.63, 3.8) is 0 Å². The highest BCUT2D eigenvalue weighted by Crippen LogP contribution is 2.24. The number of aryl methyl sites for hydroxylation is 1. The first kappa shape index (κ1) is 12.0. The summed E-state index contributed by atoms with van der Waals surface area (Å²) in [5.41, 5.74) is 8.61. The second kappa shape index (κ2) is 4.90. The van der Waals surface area contributed by atoms with Gasteiger partial charge in [0.05, 0.1) is 6.26 Å². The molecule has 2 nitrogen and oxygen atoms in total. The van der Waals surface area contributed by atoms with Crippen LogP contribution in [-0.2, 0) is 6.42 Å². The molecule has 2 heteroatoms. The number of hydrogen-bond acceptors (Lipinski definition) is 2. The van der Waals surface area contributed by atoms with Gasteiger partial charge < -0.3 is 10.2 Å². The number of rotatable bonds is 3. The molecule has 1 atom stereocenters. The number of hydrogen-bond donors (Lipinski definition) is 1. The SMILES string of the molecule is Cc1cc(C(N)Cc2cccc3ccccc23)co1. The van der Waals surface area contributed by atoms with Gasteiger partial charge in [-0.15, -0.1) is 0 Å². The van der Waals surface area contributed by atoms with Crippen molar-refractivity contribution in [3.8, 4) is 0 Å². The van der Waals surface area contributed by atoms with E-state index in [9.17, 15) is 0 Å². The van der Waals surface area contributed by atoms with Crippen LogP contribution in [0.3, 0.4) is 0 Å². The fourth-order valence-corrected chi connectivity index (χ4v) is 2.48. The third kappa shape index (κ3) is 2.40. The molecule has 0 bridgehead atoms. The minimum atomic E-state index is -0.0248. The fraction of sp³-hybridized carbons (Fsp3) is 0.176. The van der Waals surface area contributed by atoms with Crippen molar-refractivity contribution in [2.75, 3.05) is 0 Å². The predicted molar refractivity (Wildman–Crippen MR) is 78.0 cm³/mol. The van der Waals surface area contributed by atoms with E-state index in [2.05, 4.69) is 42.5 Å². The van der Waals surface area contributed by atoms with E-state index in [4.69, 9.17) is 10.2 Å². The predicted octanol–water partition coefficient (Wildman–Crippen LogP) is 3.98. The van der Waals surface area contributed by atoms with Crippen LogP contribution in [0.5, 0.6) is 0 Å². The molecule has 96 valence electrons. The second-order valence-electron chi connectivity index (χ2n) is 4.94. The summed E-state index contributed by atoms with van der Waals surface area (Å²) in [5.74, 6) is 0.906. The highest BCUT2D eigenvalue weighted by atomic mass is 16.3. The highest BCUT2D eigenvalue weighted by molar-refractivity contribution is 5.85. The number of benzene rings is 2. The average Bonchev–Trinajstić information content (AvgIpc) is 2.86. The highest BCUT2D eigenvalue weighted by Gasteiger charge is 2.11. The number of nitrogens with two attached hydrogens (primary N) is 1. The molecule has 0 fully saturated rings. The maximum absolute atomic E-state index is 6.27. The Morgan fingerprint density at radius 3 is 2.68 bits per heavy atom. The molecule has 1 aromatic heterocycles. The van der Waals surface area contributed by atoms with Gasteiger partial charge in [0.1, 0.15) is 5.76 Å². The zero-order chi connectivity index (χ0) is 13.2. The molecule has 1 unspecified atom stereocenters. The molecule has 0 aliphatic carbocycles. The lowest BCUT2D eigenvalue weighted by atomic mass is 9.97. The third-order valence-corrected chi connectivity index (χ3v) is 3.50. The minimum absolute atomic E-state index is 0.0248. The van der Waals surface area contributed by atoms with E-state index in [1.165, 1.54) is 16.3 Å². The number of fused-ring (bicyclic) bond motifs is 1. The Hall–Kier alpha value is -2.06. The van der Waals surface area contributed by atoms with E-state index in [0.717, 1.165) is 17.7 Å². The molecule has 0 saturated carbocycles. The summed E-state index contributed by atoms with van der Waals surface area (Å²) in [6.45, 7) is 1.94. The maximum atomic E-state index is 6.27. The van der Waals surface area contributed by atoms with E-state index in [0.29, 0.717) is 0 Å². The van der Waals surface area contributed by atoms with Gasteiger partial charge in [0, 0.05) is 11.6 Å². The van der Waals surface area contributed by atoms with Crippen LogP contribution >= 0.6 is 0 Å². The van der Waals surface area contributed by atoms with Crippen molar-refractivity contribution >= 4 is 10.8 Å². The van der Waals surface area contributed by atoms with E-state index < -0.39 is 0 Å². The topological polar surface area (TPSA) is 39.2 Å². The molecule has 0 aliphatic rings. The lowest BCUT2D eigenvalue weighted by Gasteiger charge is -2.11. The summed E-state index contributed by atoms with van der Waals surface area (Å²) in [4.78, 5) is 0. The first-order valence-electron chi connectivity index (χ1n) is 6.51. The van der Waals surface area contributed by atoms with Crippen LogP contribution in [0.2, 0.25) is 0 Å². The molecule has 1 heterocycles. The first-order valence-corrected chi connectivity index (χ1v) is 6.51. The molecule has 0 aliphatic heterocycles. The molecule has 0 spiro atoms. The van der Waals surface area contributed by atoms with Gasteiger partial charge in [-0.05, 0) is 35.7 Å². The quantitative estimate of drug-likeness (QED) is 0.764. The van der Waals surface area contributed by atoms with Crippen LogP contribution in [0.15, 0.2) is 59.2 Å². The van der Waals surface area contributed by atoms with Crippen LogP contribution in [0, 0.1) is 6.92 Å². The van der Waals surface area contributed by atoms with E-state index in [1.807, 2.05) is 13.0 Å². The first-order chi connectivity index (χ1) is 9.24. The molecule has 3 rings (SSSR count). The van der Waals surface area contributed by atoms with Crippen molar-refractivity contribution in [1.82, 2.24) is 0 Å². The summed E-state index contributed by atoms with van der Waals surface area (Å²) >= 11 is 0. The molecule has 0 radical (unpaired) electrons. The van der Waals surface area contributed by atoms with Gasteiger partial charge in [0.2, 0.25) is 0 Å². The summed E-state index contributed by atoms with van der Waals surface area (Å²) < 4.78 is 5.33. The standard InChI is InChI=1S/C17H17NO/c1-12-9-15(11-19-12)17(18)10-14-7-4-6-13-5-2-3-8-16(13)14/h2-9,11,17H,10,18H2,1H3. The van der Waals surface area contributed by atoms with E-state index >= 15 is 0 Å². The van der Waals surface area contributed by atoms with Gasteiger partial charge in [0.15, 0.2) is 0 Å². The summed E-state index contributed by atoms with van der Waals surface area (Å²) in [7, 11) is 0. The van der Waals surface area contributed by atoms with Crippen molar-refractivity contribution in [1.29, 1.82) is 0 Å². The smallest absolute Gasteiger partial charge is 0.101 e. The van der Waals surface area contributed by atoms with Crippen LogP contribution < -0.4 is 5.73 Å². The molecule has 2 N–H and O–H groups in total. The number of furan rings is 1. The second-order valence-corrected chi connectivity index (χ2v) is 4.94. The molecule has 0 amide bonds. The van der Waals surface area contributed by atoms with Gasteiger partial charge in [-0.2, -0.15) is 0 Å². The zero-order valence-electron chi connectivity index (χ0n) is 11.0. The minimum Gasteiger partial charge on any atom is -0.469 e. The third-order valence-electron chi connectivity index (χ3n) is 3.50. The van der Waals surface area contributed by atoms with E-state index in [-0.39, 0.29) is 6.04 Å². The average molecular weight is 251 g/mol. The molecule has 0 saturated heterocycles. The van der Waals surface area contributed by atoms with E-state index in [1.54, 1.807) is 6.26 Å². The Balaban J connectivity index is 1.93. The van der Waals surface area contributed by atoms with Gasteiger partial charge in [-0.3, -0.25) is 0 Å². The summed E-state index contributed by atoms with van der Waals surface area (Å²) in [6, 6.07) is 16.8. The van der Waals surface area contributed by atoms with Crippen molar-refractivity contribution in [2.24, 2.45) is 5.73 Å². The largest absolute Gasteiger partial charge is 0.469 e. The lowest BCUT2D eigenvalue weighted by Crippen LogP contribution is -2.12. The van der Waals surface area contributed by atoms with Crippen LogP contribution in [-0.4, -0.2) is 0 Å². The van der Waals surface area contributed by atoms with Crippen molar-refractivity contribution in [3.05, 3.63) is 71.7 Å². The summed E-state index contributed by atoms with van der Waals surface area (Å²) in [6.07, 6.45) is 2.57. The molecule has 19 heavy (non-hydrogen) atoms. The lowest BCUT2D eigenvalue weighted by molar-refractivity contribution is 0.528. The van der Waals surface area contributed by atoms with Crippen LogP contribution in [0.4, 0.5) is 0 Å². The van der Waals surface area contributed by atoms with Crippen molar-refractivity contribution < 1.29 is 4.42 Å².